The molecule has 0 aliphatic heterocycles. The normalized spacial score (nSPS) is 15.9. The van der Waals surface area contributed by atoms with E-state index in [1.54, 1.807) is 7.11 Å². The predicted octanol–water partition coefficient (Wildman–Crippen LogP) is 1.73. The van der Waals surface area contributed by atoms with Crippen LogP contribution >= 0.6 is 0 Å². The van der Waals surface area contributed by atoms with E-state index in [0.29, 0.717) is 0 Å². The smallest absolute Gasteiger partial charge is 0.0587 e. The van der Waals surface area contributed by atoms with Crippen molar-refractivity contribution in [2.75, 3.05) is 46.4 Å². The van der Waals surface area contributed by atoms with Crippen LogP contribution < -0.4 is 5.32 Å². The van der Waals surface area contributed by atoms with Crippen LogP contribution in [-0.2, 0) is 4.74 Å². The number of ether oxygens (including phenoxy) is 1. The second-order valence-corrected chi connectivity index (χ2v) is 4.79. The summed E-state index contributed by atoms with van der Waals surface area (Å²) in [6, 6.07) is 0. The second-order valence-electron chi connectivity index (χ2n) is 4.79. The highest BCUT2D eigenvalue weighted by Gasteiger charge is 2.23. The Morgan fingerprint density at radius 2 is 2.06 bits per heavy atom. The molecule has 1 fully saturated rings. The van der Waals surface area contributed by atoms with Gasteiger partial charge in [-0.2, -0.15) is 0 Å². The molecular weight excluding hydrogens is 200 g/mol. The Hall–Kier alpha value is -0.120. The van der Waals surface area contributed by atoms with E-state index < -0.39 is 0 Å². The maximum Gasteiger partial charge on any atom is 0.0587 e. The monoisotopic (exact) mass is 228 g/mol. The van der Waals surface area contributed by atoms with E-state index in [2.05, 4.69) is 17.1 Å². The molecule has 0 saturated heterocycles. The van der Waals surface area contributed by atoms with Gasteiger partial charge >= 0.3 is 0 Å². The van der Waals surface area contributed by atoms with Crippen LogP contribution in [0.25, 0.3) is 0 Å². The lowest BCUT2D eigenvalue weighted by atomic mass is 10.2. The molecule has 0 radical (unpaired) electrons. The highest BCUT2D eigenvalue weighted by molar-refractivity contribution is 4.76. The van der Waals surface area contributed by atoms with Gasteiger partial charge in [0.25, 0.3) is 0 Å². The summed E-state index contributed by atoms with van der Waals surface area (Å²) in [6.45, 7) is 9.04. The lowest BCUT2D eigenvalue weighted by Crippen LogP contribution is -2.28. The summed E-state index contributed by atoms with van der Waals surface area (Å²) in [5, 5.41) is 3.39. The van der Waals surface area contributed by atoms with Crippen LogP contribution in [-0.4, -0.2) is 51.3 Å². The standard InChI is InChI=1S/C13H28N2O/c1-3-15(12-13-6-7-13)10-5-4-8-14-9-11-16-2/h13-14H,3-12H2,1-2H3. The second kappa shape index (κ2) is 8.97. The Morgan fingerprint density at radius 3 is 2.69 bits per heavy atom. The van der Waals surface area contributed by atoms with E-state index in [1.807, 2.05) is 0 Å². The minimum Gasteiger partial charge on any atom is -0.383 e. The average molecular weight is 228 g/mol. The Balaban J connectivity index is 1.84. The van der Waals surface area contributed by atoms with Gasteiger partial charge < -0.3 is 15.0 Å². The minimum atomic E-state index is 0.822. The van der Waals surface area contributed by atoms with Crippen molar-refractivity contribution in [3.05, 3.63) is 0 Å². The summed E-state index contributed by atoms with van der Waals surface area (Å²) in [6.07, 6.45) is 5.54. The van der Waals surface area contributed by atoms with Crippen molar-refractivity contribution in [2.24, 2.45) is 5.92 Å². The first kappa shape index (κ1) is 13.9. The van der Waals surface area contributed by atoms with Crippen molar-refractivity contribution in [2.45, 2.75) is 32.6 Å². The average Bonchev–Trinajstić information content (AvgIpc) is 3.10. The zero-order valence-electron chi connectivity index (χ0n) is 11.0. The van der Waals surface area contributed by atoms with E-state index in [9.17, 15) is 0 Å². The number of nitrogens with zero attached hydrogens (tertiary/aromatic N) is 1. The van der Waals surface area contributed by atoms with Crippen molar-refractivity contribution >= 4 is 0 Å². The van der Waals surface area contributed by atoms with Crippen LogP contribution in [0, 0.1) is 5.92 Å². The van der Waals surface area contributed by atoms with Gasteiger partial charge in [0.2, 0.25) is 0 Å². The number of hydrogen-bond donors (Lipinski definition) is 1. The van der Waals surface area contributed by atoms with Crippen LogP contribution in [0.1, 0.15) is 32.6 Å². The first-order chi connectivity index (χ1) is 7.86. The number of rotatable bonds is 11. The van der Waals surface area contributed by atoms with Gasteiger partial charge in [0.1, 0.15) is 0 Å². The molecule has 0 bridgehead atoms. The number of nitrogens with one attached hydrogen (secondary N) is 1. The molecule has 0 amide bonds. The summed E-state index contributed by atoms with van der Waals surface area (Å²) in [5.74, 6) is 1.03. The minimum absolute atomic E-state index is 0.822. The Labute approximate surface area is 101 Å². The largest absolute Gasteiger partial charge is 0.383 e. The lowest BCUT2D eigenvalue weighted by molar-refractivity contribution is 0.199. The van der Waals surface area contributed by atoms with Crippen molar-refractivity contribution in [3.8, 4) is 0 Å². The van der Waals surface area contributed by atoms with Gasteiger partial charge in [-0.15, -0.1) is 0 Å². The molecule has 1 N–H and O–H groups in total. The molecular formula is C13H28N2O. The van der Waals surface area contributed by atoms with Gasteiger partial charge in [0.05, 0.1) is 6.61 Å². The van der Waals surface area contributed by atoms with Crippen LogP contribution in [0.3, 0.4) is 0 Å². The third-order valence-electron chi connectivity index (χ3n) is 3.22. The van der Waals surface area contributed by atoms with Crippen molar-refractivity contribution in [3.63, 3.8) is 0 Å². The van der Waals surface area contributed by atoms with Gasteiger partial charge in [0.15, 0.2) is 0 Å². The number of unbranched alkanes of at least 4 members (excludes halogenated alkanes) is 1. The fourth-order valence-corrected chi connectivity index (χ4v) is 1.93. The van der Waals surface area contributed by atoms with Gasteiger partial charge in [-0.3, -0.25) is 0 Å². The summed E-state index contributed by atoms with van der Waals surface area (Å²) >= 11 is 0. The zero-order chi connectivity index (χ0) is 11.6. The fourth-order valence-electron chi connectivity index (χ4n) is 1.93. The van der Waals surface area contributed by atoms with Crippen molar-refractivity contribution < 1.29 is 4.74 Å². The number of methoxy groups -OCH3 is 1. The molecule has 1 saturated carbocycles. The van der Waals surface area contributed by atoms with Crippen LogP contribution in [0.4, 0.5) is 0 Å². The molecule has 0 aromatic heterocycles. The molecule has 96 valence electrons. The molecule has 0 heterocycles. The molecule has 1 rings (SSSR count). The summed E-state index contributed by atoms with van der Waals surface area (Å²) in [5.41, 5.74) is 0. The summed E-state index contributed by atoms with van der Waals surface area (Å²) in [7, 11) is 1.75. The molecule has 1 aliphatic rings. The first-order valence-electron chi connectivity index (χ1n) is 6.78. The van der Waals surface area contributed by atoms with E-state index in [0.717, 1.165) is 25.6 Å². The Morgan fingerprint density at radius 1 is 1.25 bits per heavy atom. The third kappa shape index (κ3) is 7.20. The quantitative estimate of drug-likeness (QED) is 0.545. The van der Waals surface area contributed by atoms with E-state index in [4.69, 9.17) is 4.74 Å². The van der Waals surface area contributed by atoms with Crippen LogP contribution in [0.2, 0.25) is 0 Å². The van der Waals surface area contributed by atoms with Gasteiger partial charge in [-0.25, -0.2) is 0 Å². The van der Waals surface area contributed by atoms with Crippen molar-refractivity contribution in [1.82, 2.24) is 10.2 Å². The van der Waals surface area contributed by atoms with Crippen LogP contribution in [0.15, 0.2) is 0 Å². The maximum absolute atomic E-state index is 4.98. The van der Waals surface area contributed by atoms with E-state index >= 15 is 0 Å². The van der Waals surface area contributed by atoms with Gasteiger partial charge in [-0.05, 0) is 51.2 Å². The molecule has 0 atom stereocenters. The molecule has 16 heavy (non-hydrogen) atoms. The van der Waals surface area contributed by atoms with E-state index in [1.165, 1.54) is 45.3 Å². The van der Waals surface area contributed by atoms with E-state index in [-0.39, 0.29) is 0 Å². The highest BCUT2D eigenvalue weighted by atomic mass is 16.5. The molecule has 0 unspecified atom stereocenters. The highest BCUT2D eigenvalue weighted by Crippen LogP contribution is 2.29. The summed E-state index contributed by atoms with van der Waals surface area (Å²) in [4.78, 5) is 2.60. The first-order valence-corrected chi connectivity index (χ1v) is 6.78. The molecule has 0 spiro atoms. The molecule has 1 aliphatic carbocycles. The Bertz CT molecular complexity index is 160. The molecule has 3 nitrogen and oxygen atoms in total. The predicted molar refractivity (Wildman–Crippen MR) is 68.8 cm³/mol. The summed E-state index contributed by atoms with van der Waals surface area (Å²) < 4.78 is 4.98. The molecule has 3 heteroatoms. The molecule has 0 aromatic carbocycles. The topological polar surface area (TPSA) is 24.5 Å². The Kier molecular flexibility index (Phi) is 7.81. The third-order valence-corrected chi connectivity index (χ3v) is 3.22. The SMILES string of the molecule is CCN(CCCCNCCOC)CC1CC1. The lowest BCUT2D eigenvalue weighted by Gasteiger charge is -2.19. The van der Waals surface area contributed by atoms with Gasteiger partial charge in [0, 0.05) is 20.2 Å². The zero-order valence-corrected chi connectivity index (χ0v) is 11.0. The maximum atomic E-state index is 4.98. The van der Waals surface area contributed by atoms with Crippen molar-refractivity contribution in [1.29, 1.82) is 0 Å². The van der Waals surface area contributed by atoms with Crippen LogP contribution in [0.5, 0.6) is 0 Å². The van der Waals surface area contributed by atoms with Gasteiger partial charge in [-0.1, -0.05) is 6.92 Å². The number of hydrogen-bond acceptors (Lipinski definition) is 3. The fraction of sp³-hybridized carbons (Fsp3) is 1.00. The molecule has 0 aromatic rings.